The monoisotopic (exact) mass is 616 g/mol. The van der Waals surface area contributed by atoms with Crippen LogP contribution in [0.3, 0.4) is 0 Å². The molecule has 1 saturated heterocycles. The molecule has 1 aromatic carbocycles. The van der Waals surface area contributed by atoms with Gasteiger partial charge < -0.3 is 24.6 Å². The first-order valence-corrected chi connectivity index (χ1v) is 17.5. The molecule has 2 saturated carbocycles. The van der Waals surface area contributed by atoms with Crippen LogP contribution in [0.2, 0.25) is 0 Å². The number of fused-ring (bicyclic) bond motifs is 8. The summed E-state index contributed by atoms with van der Waals surface area (Å²) in [6.45, 7) is 20.7. The van der Waals surface area contributed by atoms with E-state index in [1.54, 1.807) is 0 Å². The van der Waals surface area contributed by atoms with Gasteiger partial charge in [0.05, 0.1) is 0 Å². The standard InChI is InChI=1S/C38H56N4O3/c1-26-27-9-11-36(4)29(28(27)23-30-32(26)45-25-44-30)10-12-37(5)31-24-35(3,15-13-34(31,2)14-16-38(36,37)6)39-33(43)42-21-19-41(20-22-42)18-17-40(7)8/h9-11,23,31H,12-22,24-25H2,1-8H3,(H,39,43)/t31-,34-,35-,36-,37+,38-/m1/s1. The first-order chi connectivity index (χ1) is 21.2. The summed E-state index contributed by atoms with van der Waals surface area (Å²) < 4.78 is 11.7. The highest BCUT2D eigenvalue weighted by Gasteiger charge is 2.67. The largest absolute Gasteiger partial charge is 0.454 e. The van der Waals surface area contributed by atoms with Crippen LogP contribution in [0, 0.1) is 34.5 Å². The van der Waals surface area contributed by atoms with Crippen LogP contribution in [0.5, 0.6) is 11.5 Å². The first-order valence-electron chi connectivity index (χ1n) is 17.5. The van der Waals surface area contributed by atoms with Crippen molar-refractivity contribution < 1.29 is 14.3 Å². The number of ether oxygens (including phenoxy) is 2. The Balaban J connectivity index is 1.14. The lowest BCUT2D eigenvalue weighted by atomic mass is 9.34. The predicted octanol–water partition coefficient (Wildman–Crippen LogP) is 6.80. The van der Waals surface area contributed by atoms with Crippen molar-refractivity contribution in [3.05, 3.63) is 34.9 Å². The lowest BCUT2D eigenvalue weighted by molar-refractivity contribution is -0.171. The van der Waals surface area contributed by atoms with E-state index in [9.17, 15) is 4.79 Å². The molecule has 3 fully saturated rings. The molecule has 6 aliphatic rings. The first kappa shape index (κ1) is 31.1. The highest BCUT2D eigenvalue weighted by molar-refractivity contribution is 5.88. The van der Waals surface area contributed by atoms with Crippen LogP contribution in [0.4, 0.5) is 4.79 Å². The molecular formula is C38H56N4O3. The van der Waals surface area contributed by atoms with Crippen LogP contribution in [-0.2, 0) is 0 Å². The van der Waals surface area contributed by atoms with Crippen molar-refractivity contribution in [3.8, 4) is 11.5 Å². The average Bonchev–Trinajstić information content (AvgIpc) is 3.48. The topological polar surface area (TPSA) is 57.3 Å². The van der Waals surface area contributed by atoms with Gasteiger partial charge in [-0.25, -0.2) is 4.79 Å². The lowest BCUT2D eigenvalue weighted by Crippen LogP contribution is -2.66. The number of urea groups is 1. The number of carbonyl (C=O) groups is 1. The summed E-state index contributed by atoms with van der Waals surface area (Å²) in [5.74, 6) is 2.31. The second-order valence-corrected chi connectivity index (χ2v) is 16.8. The molecule has 6 atom stereocenters. The molecule has 7 rings (SSSR count). The summed E-state index contributed by atoms with van der Waals surface area (Å²) in [5, 5.41) is 3.62. The van der Waals surface area contributed by atoms with E-state index in [1.807, 2.05) is 0 Å². The van der Waals surface area contributed by atoms with Gasteiger partial charge in [0, 0.05) is 55.8 Å². The van der Waals surface area contributed by atoms with Crippen LogP contribution in [0.1, 0.15) is 89.8 Å². The predicted molar refractivity (Wildman–Crippen MR) is 181 cm³/mol. The number of likely N-dealkylation sites (N-methyl/N-ethyl adjacent to an activating group) is 1. The summed E-state index contributed by atoms with van der Waals surface area (Å²) >= 11 is 0. The van der Waals surface area contributed by atoms with Crippen LogP contribution < -0.4 is 14.8 Å². The van der Waals surface area contributed by atoms with Gasteiger partial charge in [-0.3, -0.25) is 4.90 Å². The van der Waals surface area contributed by atoms with Crippen LogP contribution in [0.25, 0.3) is 11.6 Å². The minimum absolute atomic E-state index is 0.0812. The number of benzene rings is 1. The molecule has 246 valence electrons. The number of nitrogens with one attached hydrogen (secondary N) is 1. The van der Waals surface area contributed by atoms with Crippen LogP contribution in [-0.4, -0.2) is 86.4 Å². The van der Waals surface area contributed by atoms with E-state index in [-0.39, 0.29) is 33.2 Å². The Labute approximate surface area is 271 Å². The summed E-state index contributed by atoms with van der Waals surface area (Å²) in [6.07, 6.45) is 14.3. The van der Waals surface area contributed by atoms with Gasteiger partial charge in [-0.2, -0.15) is 0 Å². The Morgan fingerprint density at radius 1 is 1.02 bits per heavy atom. The van der Waals surface area contributed by atoms with Gasteiger partial charge in [-0.05, 0) is 111 Å². The van der Waals surface area contributed by atoms with E-state index >= 15 is 0 Å². The molecule has 2 heterocycles. The quantitative estimate of drug-likeness (QED) is 0.403. The summed E-state index contributed by atoms with van der Waals surface area (Å²) in [4.78, 5) is 20.5. The molecular weight excluding hydrogens is 560 g/mol. The van der Waals surface area contributed by atoms with E-state index in [4.69, 9.17) is 9.47 Å². The Bertz CT molecular complexity index is 1440. The number of rotatable bonds is 4. The van der Waals surface area contributed by atoms with Gasteiger partial charge in [0.15, 0.2) is 11.5 Å². The van der Waals surface area contributed by atoms with Gasteiger partial charge in [0.25, 0.3) is 0 Å². The Kier molecular flexibility index (Phi) is 7.26. The molecule has 1 N–H and O–H groups in total. The van der Waals surface area contributed by atoms with Crippen molar-refractivity contribution in [3.63, 3.8) is 0 Å². The zero-order valence-electron chi connectivity index (χ0n) is 29.1. The Morgan fingerprint density at radius 2 is 1.76 bits per heavy atom. The van der Waals surface area contributed by atoms with Gasteiger partial charge in [-0.15, -0.1) is 0 Å². The molecule has 2 aliphatic heterocycles. The van der Waals surface area contributed by atoms with E-state index in [2.05, 4.69) is 99.9 Å². The van der Waals surface area contributed by atoms with Gasteiger partial charge in [-0.1, -0.05) is 45.9 Å². The number of amides is 2. The summed E-state index contributed by atoms with van der Waals surface area (Å²) in [5.41, 5.74) is 5.44. The highest BCUT2D eigenvalue weighted by atomic mass is 16.7. The third-order valence-corrected chi connectivity index (χ3v) is 14.2. The maximum atomic E-state index is 13.7. The number of nitrogens with zero attached hydrogens (tertiary/aromatic N) is 3. The van der Waals surface area contributed by atoms with Crippen molar-refractivity contribution in [1.82, 2.24) is 20.0 Å². The van der Waals surface area contributed by atoms with E-state index in [0.29, 0.717) is 12.7 Å². The van der Waals surface area contributed by atoms with Crippen molar-refractivity contribution in [1.29, 1.82) is 0 Å². The van der Waals surface area contributed by atoms with Gasteiger partial charge in [0.1, 0.15) is 0 Å². The van der Waals surface area contributed by atoms with Gasteiger partial charge >= 0.3 is 6.03 Å². The average molecular weight is 617 g/mol. The number of piperazine rings is 1. The minimum Gasteiger partial charge on any atom is -0.454 e. The summed E-state index contributed by atoms with van der Waals surface area (Å²) in [7, 11) is 4.25. The number of hydrogen-bond donors (Lipinski definition) is 1. The smallest absolute Gasteiger partial charge is 0.317 e. The van der Waals surface area contributed by atoms with E-state index < -0.39 is 0 Å². The van der Waals surface area contributed by atoms with E-state index in [1.165, 1.54) is 41.5 Å². The fraction of sp³-hybridized carbons (Fsp3) is 0.711. The SMILES string of the molecule is Cc1c2c(cc3c1OCO3)C1=CC[C@@]3(C)[C@@H]4C[C@](C)(NC(=O)N5CCN(CCN(C)C)CC5)CC[C@]4(C)CC[C@]3(C)[C@]1(C)C=C2. The molecule has 1 aromatic rings. The fourth-order valence-electron chi connectivity index (χ4n) is 10.6. The van der Waals surface area contributed by atoms with Crippen molar-refractivity contribution in [2.75, 3.05) is 60.2 Å². The normalized spacial score (nSPS) is 38.6. The van der Waals surface area contributed by atoms with E-state index in [0.717, 1.165) is 70.0 Å². The highest BCUT2D eigenvalue weighted by Crippen LogP contribution is 2.75. The molecule has 7 nitrogen and oxygen atoms in total. The lowest BCUT2D eigenvalue weighted by Gasteiger charge is -2.71. The Hall–Kier alpha value is -2.51. The minimum atomic E-state index is -0.195. The number of allylic oxidation sites excluding steroid dienone is 3. The molecule has 45 heavy (non-hydrogen) atoms. The molecule has 2 amide bonds. The van der Waals surface area contributed by atoms with Crippen molar-refractivity contribution >= 4 is 17.7 Å². The van der Waals surface area contributed by atoms with Crippen molar-refractivity contribution in [2.24, 2.45) is 27.6 Å². The molecule has 0 radical (unpaired) electrons. The van der Waals surface area contributed by atoms with Crippen LogP contribution in [0.15, 0.2) is 18.2 Å². The van der Waals surface area contributed by atoms with Gasteiger partial charge in [0.2, 0.25) is 6.79 Å². The Morgan fingerprint density at radius 3 is 2.49 bits per heavy atom. The maximum absolute atomic E-state index is 13.7. The molecule has 7 heteroatoms. The molecule has 0 unspecified atom stereocenters. The second-order valence-electron chi connectivity index (χ2n) is 16.8. The molecule has 0 aromatic heterocycles. The number of hydrogen-bond acceptors (Lipinski definition) is 5. The second kappa shape index (κ2) is 10.5. The fourth-order valence-corrected chi connectivity index (χ4v) is 10.6. The third-order valence-electron chi connectivity index (χ3n) is 14.2. The van der Waals surface area contributed by atoms with Crippen molar-refractivity contribution in [2.45, 2.75) is 85.6 Å². The molecule has 0 bridgehead atoms. The zero-order valence-corrected chi connectivity index (χ0v) is 29.1. The van der Waals surface area contributed by atoms with Crippen LogP contribution >= 0.6 is 0 Å². The summed E-state index contributed by atoms with van der Waals surface area (Å²) in [6, 6.07) is 2.38. The maximum Gasteiger partial charge on any atom is 0.317 e. The molecule has 4 aliphatic carbocycles. The third kappa shape index (κ3) is 4.61. The zero-order chi connectivity index (χ0) is 32.0. The molecule has 0 spiro atoms. The number of carbonyl (C=O) groups excluding carboxylic acids is 1.